The first-order valence-electron chi connectivity index (χ1n) is 3.83. The van der Waals surface area contributed by atoms with Crippen LogP contribution in [0, 0.1) is 15.9 Å². The van der Waals surface area contributed by atoms with Crippen LogP contribution in [0.3, 0.4) is 0 Å². The monoisotopic (exact) mass is 263 g/mol. The van der Waals surface area contributed by atoms with E-state index in [2.05, 4.69) is 15.9 Å². The quantitative estimate of drug-likeness (QED) is 0.623. The standard InChI is InChI=1S/C8H7BrFNO3/c1-2-14-8-6(10)4-3-5(9)7(8)11(12)13/h3-4H,2H2,1H3. The van der Waals surface area contributed by atoms with E-state index >= 15 is 0 Å². The summed E-state index contributed by atoms with van der Waals surface area (Å²) in [6, 6.07) is 2.39. The fourth-order valence-electron chi connectivity index (χ4n) is 0.974. The second-order valence-electron chi connectivity index (χ2n) is 2.40. The molecule has 1 aromatic carbocycles. The molecule has 1 aromatic rings. The summed E-state index contributed by atoms with van der Waals surface area (Å²) in [6.07, 6.45) is 0. The van der Waals surface area contributed by atoms with Gasteiger partial charge in [-0.05, 0) is 35.0 Å². The van der Waals surface area contributed by atoms with Crippen LogP contribution in [0.25, 0.3) is 0 Å². The van der Waals surface area contributed by atoms with Crippen LogP contribution >= 0.6 is 15.9 Å². The van der Waals surface area contributed by atoms with Gasteiger partial charge in [0.2, 0.25) is 5.75 Å². The minimum atomic E-state index is -0.734. The Morgan fingerprint density at radius 3 is 2.79 bits per heavy atom. The van der Waals surface area contributed by atoms with E-state index < -0.39 is 10.7 Å². The molecule has 0 aromatic heterocycles. The molecule has 0 fully saturated rings. The number of nitro benzene ring substituents is 1. The molecule has 0 N–H and O–H groups in total. The number of nitrogens with zero attached hydrogens (tertiary/aromatic N) is 1. The SMILES string of the molecule is CCOc1c(F)ccc(Br)c1[N+](=O)[O-]. The Morgan fingerprint density at radius 2 is 2.29 bits per heavy atom. The van der Waals surface area contributed by atoms with Gasteiger partial charge in [-0.2, -0.15) is 0 Å². The number of rotatable bonds is 3. The molecule has 0 radical (unpaired) electrons. The van der Waals surface area contributed by atoms with E-state index in [-0.39, 0.29) is 22.5 Å². The van der Waals surface area contributed by atoms with Gasteiger partial charge in [0, 0.05) is 0 Å². The maximum Gasteiger partial charge on any atom is 0.328 e. The third kappa shape index (κ3) is 2.01. The van der Waals surface area contributed by atoms with E-state index in [1.807, 2.05) is 0 Å². The summed E-state index contributed by atoms with van der Waals surface area (Å²) < 4.78 is 18.2. The number of halogens is 2. The minimum Gasteiger partial charge on any atom is -0.485 e. The van der Waals surface area contributed by atoms with Crippen molar-refractivity contribution in [1.29, 1.82) is 0 Å². The first-order chi connectivity index (χ1) is 6.57. The lowest BCUT2D eigenvalue weighted by Gasteiger charge is -2.05. The van der Waals surface area contributed by atoms with Gasteiger partial charge in [0.1, 0.15) is 0 Å². The van der Waals surface area contributed by atoms with Crippen molar-refractivity contribution >= 4 is 21.6 Å². The van der Waals surface area contributed by atoms with E-state index in [4.69, 9.17) is 4.74 Å². The van der Waals surface area contributed by atoms with Crippen molar-refractivity contribution in [3.05, 3.63) is 32.5 Å². The number of hydrogen-bond acceptors (Lipinski definition) is 3. The maximum absolute atomic E-state index is 13.1. The number of ether oxygens (including phenoxy) is 1. The van der Waals surface area contributed by atoms with Crippen molar-refractivity contribution in [2.45, 2.75) is 6.92 Å². The molecule has 76 valence electrons. The molecule has 0 unspecified atom stereocenters. The molecule has 0 amide bonds. The second-order valence-corrected chi connectivity index (χ2v) is 3.25. The molecule has 6 heteroatoms. The van der Waals surface area contributed by atoms with Crippen LogP contribution in [0.15, 0.2) is 16.6 Å². The highest BCUT2D eigenvalue weighted by Crippen LogP contribution is 2.36. The summed E-state index contributed by atoms with van der Waals surface area (Å²) in [6.45, 7) is 1.80. The van der Waals surface area contributed by atoms with Crippen molar-refractivity contribution in [2.75, 3.05) is 6.61 Å². The molecule has 0 heterocycles. The van der Waals surface area contributed by atoms with E-state index in [0.29, 0.717) is 0 Å². The summed E-state index contributed by atoms with van der Waals surface area (Å²) in [7, 11) is 0. The Balaban J connectivity index is 3.33. The number of nitro groups is 1. The fourth-order valence-corrected chi connectivity index (χ4v) is 1.43. The predicted molar refractivity (Wildman–Crippen MR) is 51.9 cm³/mol. The third-order valence-electron chi connectivity index (χ3n) is 1.51. The van der Waals surface area contributed by atoms with Crippen molar-refractivity contribution in [1.82, 2.24) is 0 Å². The predicted octanol–water partition coefficient (Wildman–Crippen LogP) is 2.90. The van der Waals surface area contributed by atoms with Crippen LogP contribution < -0.4 is 4.74 Å². The van der Waals surface area contributed by atoms with Crippen LogP contribution in [-0.2, 0) is 0 Å². The van der Waals surface area contributed by atoms with E-state index in [1.54, 1.807) is 6.92 Å². The molecule has 14 heavy (non-hydrogen) atoms. The number of hydrogen-bond donors (Lipinski definition) is 0. The van der Waals surface area contributed by atoms with Crippen LogP contribution in [0.2, 0.25) is 0 Å². The largest absolute Gasteiger partial charge is 0.485 e. The molecule has 0 saturated carbocycles. The molecule has 0 bridgehead atoms. The summed E-state index contributed by atoms with van der Waals surface area (Å²) in [5.74, 6) is -1.06. The van der Waals surface area contributed by atoms with Crippen molar-refractivity contribution in [2.24, 2.45) is 0 Å². The first-order valence-corrected chi connectivity index (χ1v) is 4.62. The highest BCUT2D eigenvalue weighted by Gasteiger charge is 2.23. The summed E-state index contributed by atoms with van der Waals surface area (Å²) in [4.78, 5) is 9.92. The highest BCUT2D eigenvalue weighted by atomic mass is 79.9. The molecule has 0 aliphatic rings. The molecular weight excluding hydrogens is 257 g/mol. The smallest absolute Gasteiger partial charge is 0.328 e. The van der Waals surface area contributed by atoms with Gasteiger partial charge in [-0.3, -0.25) is 10.1 Å². The molecule has 4 nitrogen and oxygen atoms in total. The summed E-state index contributed by atoms with van der Waals surface area (Å²) in [5.41, 5.74) is -0.383. The van der Waals surface area contributed by atoms with E-state index in [9.17, 15) is 14.5 Å². The van der Waals surface area contributed by atoms with Gasteiger partial charge in [-0.15, -0.1) is 0 Å². The Kier molecular flexibility index (Phi) is 3.40. The zero-order valence-corrected chi connectivity index (χ0v) is 8.88. The topological polar surface area (TPSA) is 52.4 Å². The molecule has 0 aliphatic heterocycles. The molecule has 0 atom stereocenters. The fraction of sp³-hybridized carbons (Fsp3) is 0.250. The summed E-state index contributed by atoms with van der Waals surface area (Å²) in [5, 5.41) is 10.6. The zero-order chi connectivity index (χ0) is 10.7. The molecule has 0 saturated heterocycles. The Morgan fingerprint density at radius 1 is 1.64 bits per heavy atom. The first kappa shape index (κ1) is 10.9. The van der Waals surface area contributed by atoms with Gasteiger partial charge >= 0.3 is 5.69 Å². The average molecular weight is 264 g/mol. The van der Waals surface area contributed by atoms with Gasteiger partial charge < -0.3 is 4.74 Å². The van der Waals surface area contributed by atoms with Gasteiger partial charge in [0.15, 0.2) is 5.82 Å². The van der Waals surface area contributed by atoms with Gasteiger partial charge in [-0.1, -0.05) is 0 Å². The van der Waals surface area contributed by atoms with Crippen LogP contribution in [0.5, 0.6) is 5.75 Å². The minimum absolute atomic E-state index is 0.175. The maximum atomic E-state index is 13.1. The van der Waals surface area contributed by atoms with E-state index in [1.165, 1.54) is 6.07 Å². The summed E-state index contributed by atoms with van der Waals surface area (Å²) >= 11 is 2.96. The van der Waals surface area contributed by atoms with Crippen LogP contribution in [-0.4, -0.2) is 11.5 Å². The second kappa shape index (κ2) is 4.36. The van der Waals surface area contributed by atoms with Crippen molar-refractivity contribution < 1.29 is 14.1 Å². The lowest BCUT2D eigenvalue weighted by atomic mass is 10.3. The Labute approximate surface area is 88.0 Å². The van der Waals surface area contributed by atoms with Crippen LogP contribution in [0.1, 0.15) is 6.92 Å². The molecule has 0 aliphatic carbocycles. The molecular formula is C8H7BrFNO3. The number of benzene rings is 1. The molecule has 0 spiro atoms. The lowest BCUT2D eigenvalue weighted by Crippen LogP contribution is -2.00. The van der Waals surface area contributed by atoms with Gasteiger partial charge in [0.05, 0.1) is 16.0 Å². The van der Waals surface area contributed by atoms with Gasteiger partial charge in [0.25, 0.3) is 0 Å². The molecule has 1 rings (SSSR count). The average Bonchev–Trinajstić information content (AvgIpc) is 2.11. The third-order valence-corrected chi connectivity index (χ3v) is 2.15. The lowest BCUT2D eigenvalue weighted by molar-refractivity contribution is -0.386. The normalized spacial score (nSPS) is 9.93. The van der Waals surface area contributed by atoms with E-state index in [0.717, 1.165) is 6.07 Å². The zero-order valence-electron chi connectivity index (χ0n) is 7.29. The van der Waals surface area contributed by atoms with Crippen molar-refractivity contribution in [3.8, 4) is 5.75 Å². The van der Waals surface area contributed by atoms with Crippen LogP contribution in [0.4, 0.5) is 10.1 Å². The van der Waals surface area contributed by atoms with Gasteiger partial charge in [-0.25, -0.2) is 4.39 Å². The Bertz CT molecular complexity index is 370. The Hall–Kier alpha value is -1.17. The highest BCUT2D eigenvalue weighted by molar-refractivity contribution is 9.10. The van der Waals surface area contributed by atoms with Crippen molar-refractivity contribution in [3.63, 3.8) is 0 Å².